The average Bonchev–Trinajstić information content (AvgIpc) is 2.56. The van der Waals surface area contributed by atoms with Crippen LogP contribution < -0.4 is 5.32 Å². The Balaban J connectivity index is 2.02. The minimum absolute atomic E-state index is 0.442. The Morgan fingerprint density at radius 3 is 3.08 bits per heavy atom. The number of carboxylic acids is 1. The summed E-state index contributed by atoms with van der Waals surface area (Å²) in [6.07, 6.45) is 2.13. The molecule has 0 bridgehead atoms. The number of hydrogen-bond acceptors (Lipinski definition) is 3. The summed E-state index contributed by atoms with van der Waals surface area (Å²) < 4.78 is 5.22. The predicted molar refractivity (Wildman–Crippen MR) is 48.6 cm³/mol. The van der Waals surface area contributed by atoms with Gasteiger partial charge in [-0.3, -0.25) is 4.79 Å². The topological polar surface area (TPSA) is 58.6 Å². The zero-order valence-corrected chi connectivity index (χ0v) is 7.95. The molecule has 4 nitrogen and oxygen atoms in total. The van der Waals surface area contributed by atoms with Crippen molar-refractivity contribution >= 4 is 5.97 Å². The summed E-state index contributed by atoms with van der Waals surface area (Å²) in [5.41, 5.74) is 0. The maximum Gasteiger partial charge on any atom is 0.320 e. The molecule has 0 amide bonds. The first-order valence-electron chi connectivity index (χ1n) is 4.74. The van der Waals surface area contributed by atoms with Crippen LogP contribution in [-0.4, -0.2) is 36.9 Å². The summed E-state index contributed by atoms with van der Waals surface area (Å²) in [5, 5.41) is 11.5. The highest BCUT2D eigenvalue weighted by atomic mass is 16.5. The van der Waals surface area contributed by atoms with Crippen molar-refractivity contribution in [3.8, 4) is 0 Å². The van der Waals surface area contributed by atoms with E-state index in [4.69, 9.17) is 9.84 Å². The van der Waals surface area contributed by atoms with E-state index in [0.29, 0.717) is 5.92 Å². The molecule has 0 aliphatic carbocycles. The summed E-state index contributed by atoms with van der Waals surface area (Å²) in [6, 6.07) is -0.442. The van der Waals surface area contributed by atoms with Crippen molar-refractivity contribution in [3.05, 3.63) is 0 Å². The number of aliphatic carboxylic acids is 1. The molecule has 1 aliphatic rings. The van der Waals surface area contributed by atoms with Crippen molar-refractivity contribution in [1.29, 1.82) is 0 Å². The van der Waals surface area contributed by atoms with Crippen molar-refractivity contribution in [3.63, 3.8) is 0 Å². The molecule has 1 heterocycles. The zero-order valence-electron chi connectivity index (χ0n) is 7.95. The quantitative estimate of drug-likeness (QED) is 0.657. The van der Waals surface area contributed by atoms with Gasteiger partial charge in [0.2, 0.25) is 0 Å². The SMILES string of the molecule is CC(NCCC1CCOC1)C(=O)O. The van der Waals surface area contributed by atoms with Crippen molar-refractivity contribution in [1.82, 2.24) is 5.32 Å². The fraction of sp³-hybridized carbons (Fsp3) is 0.889. The lowest BCUT2D eigenvalue weighted by Gasteiger charge is -2.11. The lowest BCUT2D eigenvalue weighted by atomic mass is 10.1. The molecule has 2 atom stereocenters. The van der Waals surface area contributed by atoms with Crippen LogP contribution in [0.3, 0.4) is 0 Å². The molecule has 0 aromatic rings. The van der Waals surface area contributed by atoms with Gasteiger partial charge >= 0.3 is 5.97 Å². The minimum Gasteiger partial charge on any atom is -0.480 e. The lowest BCUT2D eigenvalue weighted by Crippen LogP contribution is -2.35. The zero-order chi connectivity index (χ0) is 9.68. The lowest BCUT2D eigenvalue weighted by molar-refractivity contribution is -0.139. The van der Waals surface area contributed by atoms with Crippen LogP contribution in [0.2, 0.25) is 0 Å². The van der Waals surface area contributed by atoms with E-state index in [1.54, 1.807) is 6.92 Å². The number of hydrogen-bond donors (Lipinski definition) is 2. The molecule has 13 heavy (non-hydrogen) atoms. The summed E-state index contributed by atoms with van der Waals surface area (Å²) in [6.45, 7) is 4.12. The monoisotopic (exact) mass is 187 g/mol. The van der Waals surface area contributed by atoms with E-state index in [-0.39, 0.29) is 0 Å². The fourth-order valence-electron chi connectivity index (χ4n) is 1.40. The molecule has 1 aliphatic heterocycles. The molecule has 0 aromatic heterocycles. The summed E-state index contributed by atoms with van der Waals surface area (Å²) >= 11 is 0. The van der Waals surface area contributed by atoms with Crippen LogP contribution in [0.5, 0.6) is 0 Å². The Bertz CT molecular complexity index is 166. The molecule has 0 saturated carbocycles. The van der Waals surface area contributed by atoms with Crippen molar-refractivity contribution in [2.24, 2.45) is 5.92 Å². The fourth-order valence-corrected chi connectivity index (χ4v) is 1.40. The van der Waals surface area contributed by atoms with Crippen LogP contribution in [-0.2, 0) is 9.53 Å². The standard InChI is InChI=1S/C9H17NO3/c1-7(9(11)12)10-4-2-8-3-5-13-6-8/h7-8,10H,2-6H2,1H3,(H,11,12). The first kappa shape index (κ1) is 10.5. The summed E-state index contributed by atoms with van der Waals surface area (Å²) in [4.78, 5) is 10.4. The van der Waals surface area contributed by atoms with Crippen LogP contribution in [0.4, 0.5) is 0 Å². The van der Waals surface area contributed by atoms with E-state index in [9.17, 15) is 4.79 Å². The molecule has 2 N–H and O–H groups in total. The molecule has 1 fully saturated rings. The van der Waals surface area contributed by atoms with Crippen LogP contribution in [0, 0.1) is 5.92 Å². The highest BCUT2D eigenvalue weighted by Crippen LogP contribution is 2.15. The third kappa shape index (κ3) is 3.74. The number of ether oxygens (including phenoxy) is 1. The van der Waals surface area contributed by atoms with Gasteiger partial charge < -0.3 is 15.2 Å². The third-order valence-electron chi connectivity index (χ3n) is 2.40. The molecule has 1 rings (SSSR count). The van der Waals surface area contributed by atoms with Crippen LogP contribution >= 0.6 is 0 Å². The Hall–Kier alpha value is -0.610. The molecule has 4 heteroatoms. The highest BCUT2D eigenvalue weighted by Gasteiger charge is 2.16. The van der Waals surface area contributed by atoms with Gasteiger partial charge in [0.05, 0.1) is 0 Å². The average molecular weight is 187 g/mol. The predicted octanol–water partition coefficient (Wildman–Crippen LogP) is 0.476. The molecular weight excluding hydrogens is 170 g/mol. The first-order valence-corrected chi connectivity index (χ1v) is 4.74. The van der Waals surface area contributed by atoms with E-state index in [0.717, 1.165) is 32.6 Å². The molecule has 0 aromatic carbocycles. The third-order valence-corrected chi connectivity index (χ3v) is 2.40. The van der Waals surface area contributed by atoms with Crippen molar-refractivity contribution < 1.29 is 14.6 Å². The molecule has 1 saturated heterocycles. The van der Waals surface area contributed by atoms with Crippen molar-refractivity contribution in [2.75, 3.05) is 19.8 Å². The Morgan fingerprint density at radius 2 is 2.54 bits per heavy atom. The van der Waals surface area contributed by atoms with Gasteiger partial charge in [0.25, 0.3) is 0 Å². The maximum atomic E-state index is 10.4. The number of carboxylic acid groups (broad SMARTS) is 1. The van der Waals surface area contributed by atoms with E-state index in [1.807, 2.05) is 0 Å². The summed E-state index contributed by atoms with van der Waals surface area (Å²) in [5.74, 6) is -0.170. The van der Waals surface area contributed by atoms with Crippen LogP contribution in [0.1, 0.15) is 19.8 Å². The van der Waals surface area contributed by atoms with Crippen molar-refractivity contribution in [2.45, 2.75) is 25.8 Å². The molecule has 2 unspecified atom stereocenters. The van der Waals surface area contributed by atoms with E-state index >= 15 is 0 Å². The Morgan fingerprint density at radius 1 is 1.77 bits per heavy atom. The Kier molecular flexibility index (Phi) is 4.18. The first-order chi connectivity index (χ1) is 6.20. The highest BCUT2D eigenvalue weighted by molar-refractivity contribution is 5.72. The Labute approximate surface area is 78.3 Å². The number of rotatable bonds is 5. The molecule has 0 radical (unpaired) electrons. The minimum atomic E-state index is -0.789. The van der Waals surface area contributed by atoms with Gasteiger partial charge in [-0.05, 0) is 32.2 Å². The normalized spacial score (nSPS) is 24.5. The van der Waals surface area contributed by atoms with Gasteiger partial charge in [-0.2, -0.15) is 0 Å². The largest absolute Gasteiger partial charge is 0.480 e. The number of nitrogens with one attached hydrogen (secondary N) is 1. The van der Waals surface area contributed by atoms with Gasteiger partial charge in [-0.1, -0.05) is 0 Å². The molecule has 76 valence electrons. The van der Waals surface area contributed by atoms with Crippen LogP contribution in [0.15, 0.2) is 0 Å². The van der Waals surface area contributed by atoms with E-state index in [2.05, 4.69) is 5.32 Å². The number of carbonyl (C=O) groups is 1. The summed E-state index contributed by atoms with van der Waals surface area (Å²) in [7, 11) is 0. The second-order valence-corrected chi connectivity index (χ2v) is 3.53. The van der Waals surface area contributed by atoms with Gasteiger partial charge in [-0.25, -0.2) is 0 Å². The molecular formula is C9H17NO3. The van der Waals surface area contributed by atoms with Gasteiger partial charge in [-0.15, -0.1) is 0 Å². The van der Waals surface area contributed by atoms with E-state index < -0.39 is 12.0 Å². The second-order valence-electron chi connectivity index (χ2n) is 3.53. The second kappa shape index (κ2) is 5.19. The van der Waals surface area contributed by atoms with E-state index in [1.165, 1.54) is 0 Å². The smallest absolute Gasteiger partial charge is 0.320 e. The maximum absolute atomic E-state index is 10.4. The van der Waals surface area contributed by atoms with Gasteiger partial charge in [0.15, 0.2) is 0 Å². The van der Waals surface area contributed by atoms with Gasteiger partial charge in [0.1, 0.15) is 6.04 Å². The van der Waals surface area contributed by atoms with Gasteiger partial charge in [0, 0.05) is 13.2 Å². The molecule has 0 spiro atoms. The van der Waals surface area contributed by atoms with Crippen LogP contribution in [0.25, 0.3) is 0 Å².